The van der Waals surface area contributed by atoms with Crippen molar-refractivity contribution in [1.82, 2.24) is 30.0 Å². The normalized spacial score (nSPS) is 23.3. The van der Waals surface area contributed by atoms with Crippen molar-refractivity contribution >= 4 is 5.57 Å². The van der Waals surface area contributed by atoms with Crippen molar-refractivity contribution in [3.05, 3.63) is 47.3 Å². The van der Waals surface area contributed by atoms with Gasteiger partial charge in [-0.1, -0.05) is 13.8 Å². The van der Waals surface area contributed by atoms with Crippen molar-refractivity contribution in [2.75, 3.05) is 33.2 Å². The lowest BCUT2D eigenvalue weighted by atomic mass is 10.0. The van der Waals surface area contributed by atoms with Crippen LogP contribution in [0.25, 0.3) is 5.57 Å². The van der Waals surface area contributed by atoms with E-state index in [2.05, 4.69) is 27.4 Å². The van der Waals surface area contributed by atoms with Crippen LogP contribution in [0.5, 0.6) is 0 Å². The Bertz CT molecular complexity index is 756. The summed E-state index contributed by atoms with van der Waals surface area (Å²) in [4.78, 5) is 4.72. The summed E-state index contributed by atoms with van der Waals surface area (Å²) in [6.07, 6.45) is 6.70. The molecule has 4 rings (SSSR count). The van der Waals surface area contributed by atoms with E-state index in [0.29, 0.717) is 5.57 Å². The number of nitrogens with zero attached hydrogens (tertiary/aromatic N) is 5. The van der Waals surface area contributed by atoms with Gasteiger partial charge in [0, 0.05) is 50.9 Å². The number of piperazine rings is 1. The first-order chi connectivity index (χ1) is 13.0. The van der Waals surface area contributed by atoms with E-state index in [1.807, 2.05) is 39.2 Å². The van der Waals surface area contributed by atoms with E-state index in [-0.39, 0.29) is 12.0 Å². The molecule has 1 fully saturated rings. The maximum atomic E-state index is 14.7. The van der Waals surface area contributed by atoms with Crippen LogP contribution in [0, 0.1) is 0 Å². The van der Waals surface area contributed by atoms with Gasteiger partial charge in [0.1, 0.15) is 5.83 Å². The van der Waals surface area contributed by atoms with Crippen LogP contribution in [0.2, 0.25) is 0 Å². The molecule has 1 saturated heterocycles. The second kappa shape index (κ2) is 8.35. The van der Waals surface area contributed by atoms with Crippen molar-refractivity contribution in [3.63, 3.8) is 0 Å². The topological polar surface area (TPSA) is 65.6 Å². The first-order valence-electron chi connectivity index (χ1n) is 9.55. The fourth-order valence-corrected chi connectivity index (χ4v) is 3.54. The fourth-order valence-electron chi connectivity index (χ4n) is 3.54. The number of likely N-dealkylation sites (N-methyl/N-ethyl adjacent to an activating group) is 1. The number of nitrogens with one attached hydrogen (secondary N) is 1. The second-order valence-electron chi connectivity index (χ2n) is 6.87. The van der Waals surface area contributed by atoms with Crippen molar-refractivity contribution in [2.45, 2.75) is 26.6 Å². The first-order valence-corrected chi connectivity index (χ1v) is 9.55. The molecule has 0 bridgehead atoms. The van der Waals surface area contributed by atoms with Crippen molar-refractivity contribution < 1.29 is 4.39 Å². The number of nitrogens with two attached hydrogens (primary N) is 1. The Morgan fingerprint density at radius 1 is 1.22 bits per heavy atom. The standard InChI is InChI=1S/C17H24FN7.C2H6/c1-22-3-5-24(6-4-22)10-12-9-20-23(2)17(12)14-7-13-8-16(19)21-25(13)11-15(14)18;1-2/h7-9,11,16,21H,3-6,10,19H2,1-2H3;1-2H3. The SMILES string of the molecule is CC.CN1CCN(Cc2cnn(C)c2C2=CC3=CC(N)NN3C=C2F)CC1. The average molecular weight is 375 g/mol. The van der Waals surface area contributed by atoms with Crippen LogP contribution in [0.4, 0.5) is 4.39 Å². The van der Waals surface area contributed by atoms with Gasteiger partial charge in [-0.15, -0.1) is 0 Å². The molecule has 1 unspecified atom stereocenters. The summed E-state index contributed by atoms with van der Waals surface area (Å²) < 4.78 is 16.5. The fraction of sp³-hybridized carbons (Fsp3) is 0.526. The predicted molar refractivity (Wildman–Crippen MR) is 106 cm³/mol. The quantitative estimate of drug-likeness (QED) is 0.832. The van der Waals surface area contributed by atoms with Crippen LogP contribution >= 0.6 is 0 Å². The highest BCUT2D eigenvalue weighted by molar-refractivity contribution is 5.80. The van der Waals surface area contributed by atoms with E-state index in [4.69, 9.17) is 5.73 Å². The smallest absolute Gasteiger partial charge is 0.150 e. The lowest BCUT2D eigenvalue weighted by Gasteiger charge is -2.32. The van der Waals surface area contributed by atoms with Crippen LogP contribution in [0.1, 0.15) is 25.1 Å². The van der Waals surface area contributed by atoms with E-state index in [1.54, 1.807) is 9.69 Å². The minimum Gasteiger partial charge on any atom is -0.311 e. The third kappa shape index (κ3) is 4.14. The summed E-state index contributed by atoms with van der Waals surface area (Å²) in [7, 11) is 4.00. The number of fused-ring (bicyclic) bond motifs is 1. The molecule has 1 atom stereocenters. The molecule has 1 aromatic heterocycles. The number of allylic oxidation sites excluding steroid dienone is 3. The van der Waals surface area contributed by atoms with Crippen LogP contribution in [0.15, 0.2) is 36.1 Å². The highest BCUT2D eigenvalue weighted by Crippen LogP contribution is 2.34. The zero-order valence-corrected chi connectivity index (χ0v) is 16.6. The van der Waals surface area contributed by atoms with Gasteiger partial charge < -0.3 is 10.6 Å². The van der Waals surface area contributed by atoms with Gasteiger partial charge in [-0.2, -0.15) is 5.10 Å². The summed E-state index contributed by atoms with van der Waals surface area (Å²) in [5, 5.41) is 6.00. The Labute approximate surface area is 160 Å². The molecule has 0 radical (unpaired) electrons. The van der Waals surface area contributed by atoms with Gasteiger partial charge in [0.15, 0.2) is 0 Å². The largest absolute Gasteiger partial charge is 0.311 e. The van der Waals surface area contributed by atoms with Crippen LogP contribution in [-0.2, 0) is 13.6 Å². The Balaban J connectivity index is 0.00000102. The van der Waals surface area contributed by atoms with Crippen LogP contribution in [-0.4, -0.2) is 64.0 Å². The van der Waals surface area contributed by atoms with Gasteiger partial charge in [0.05, 0.1) is 30.0 Å². The van der Waals surface area contributed by atoms with Crippen LogP contribution in [0.3, 0.4) is 0 Å². The first kappa shape index (κ1) is 19.8. The van der Waals surface area contributed by atoms with Gasteiger partial charge in [0.2, 0.25) is 0 Å². The van der Waals surface area contributed by atoms with E-state index in [9.17, 15) is 4.39 Å². The van der Waals surface area contributed by atoms with E-state index < -0.39 is 0 Å². The lowest BCUT2D eigenvalue weighted by molar-refractivity contribution is 0.148. The molecule has 148 valence electrons. The van der Waals surface area contributed by atoms with Crippen LogP contribution < -0.4 is 11.2 Å². The predicted octanol–water partition coefficient (Wildman–Crippen LogP) is 1.39. The Hall–Kier alpha value is -2.00. The summed E-state index contributed by atoms with van der Waals surface area (Å²) in [5.74, 6) is -0.290. The average Bonchev–Trinajstić information content (AvgIpc) is 3.19. The second-order valence-corrected chi connectivity index (χ2v) is 6.87. The molecular formula is C19H30FN7. The number of hydrogen-bond acceptors (Lipinski definition) is 6. The van der Waals surface area contributed by atoms with E-state index in [1.165, 1.54) is 6.20 Å². The molecule has 7 nitrogen and oxygen atoms in total. The summed E-state index contributed by atoms with van der Waals surface area (Å²) >= 11 is 0. The number of rotatable bonds is 3. The maximum Gasteiger partial charge on any atom is 0.150 e. The van der Waals surface area contributed by atoms with Gasteiger partial charge in [-0.3, -0.25) is 14.6 Å². The van der Waals surface area contributed by atoms with Gasteiger partial charge >= 0.3 is 0 Å². The number of hydrogen-bond donors (Lipinski definition) is 2. The summed E-state index contributed by atoms with van der Waals surface area (Å²) in [5.41, 5.74) is 12.1. The number of halogens is 1. The summed E-state index contributed by atoms with van der Waals surface area (Å²) in [6.45, 7) is 8.91. The molecule has 0 aliphatic carbocycles. The lowest BCUT2D eigenvalue weighted by Crippen LogP contribution is -2.44. The Morgan fingerprint density at radius 2 is 1.93 bits per heavy atom. The third-order valence-electron chi connectivity index (χ3n) is 4.97. The molecule has 0 spiro atoms. The van der Waals surface area contributed by atoms with Gasteiger partial charge in [-0.05, 0) is 19.2 Å². The Kier molecular flexibility index (Phi) is 6.11. The minimum atomic E-state index is -0.300. The number of hydrazine groups is 1. The molecule has 0 aromatic carbocycles. The van der Waals surface area contributed by atoms with Crippen molar-refractivity contribution in [3.8, 4) is 0 Å². The maximum absolute atomic E-state index is 14.7. The van der Waals surface area contributed by atoms with Gasteiger partial charge in [-0.25, -0.2) is 9.82 Å². The molecule has 0 amide bonds. The molecule has 3 N–H and O–H groups in total. The Morgan fingerprint density at radius 3 is 2.63 bits per heavy atom. The van der Waals surface area contributed by atoms with E-state index in [0.717, 1.165) is 49.7 Å². The zero-order chi connectivity index (χ0) is 19.6. The van der Waals surface area contributed by atoms with Gasteiger partial charge in [0.25, 0.3) is 0 Å². The number of aromatic nitrogens is 2. The third-order valence-corrected chi connectivity index (χ3v) is 4.97. The summed E-state index contributed by atoms with van der Waals surface area (Å²) in [6, 6.07) is 0. The molecular weight excluding hydrogens is 345 g/mol. The number of aryl methyl sites for hydroxylation is 1. The van der Waals surface area contributed by atoms with Crippen molar-refractivity contribution in [1.29, 1.82) is 0 Å². The van der Waals surface area contributed by atoms with E-state index >= 15 is 0 Å². The molecule has 4 heterocycles. The molecule has 3 aliphatic rings. The molecule has 0 saturated carbocycles. The molecule has 3 aliphatic heterocycles. The van der Waals surface area contributed by atoms with Crippen molar-refractivity contribution in [2.24, 2.45) is 12.8 Å². The molecule has 8 heteroatoms. The minimum absolute atomic E-state index is 0.290. The zero-order valence-electron chi connectivity index (χ0n) is 16.6. The highest BCUT2D eigenvalue weighted by Gasteiger charge is 2.27. The molecule has 1 aromatic rings. The highest BCUT2D eigenvalue weighted by atomic mass is 19.1. The molecule has 27 heavy (non-hydrogen) atoms. The monoisotopic (exact) mass is 375 g/mol.